The molecule has 1 fully saturated rings. The fourth-order valence-electron chi connectivity index (χ4n) is 2.61. The van der Waals surface area contributed by atoms with Crippen LogP contribution in [0.25, 0.3) is 0 Å². The van der Waals surface area contributed by atoms with Crippen LogP contribution < -0.4 is 5.32 Å². The Hall–Kier alpha value is -1.55. The van der Waals surface area contributed by atoms with Crippen LogP contribution in [0.15, 0.2) is 24.3 Å². The Bertz CT molecular complexity index is 434. The summed E-state index contributed by atoms with van der Waals surface area (Å²) < 4.78 is 0. The van der Waals surface area contributed by atoms with Crippen LogP contribution >= 0.6 is 0 Å². The average molecular weight is 262 g/mol. The smallest absolute Gasteiger partial charge is 0.224 e. The van der Waals surface area contributed by atoms with Crippen LogP contribution in [0.4, 0.5) is 0 Å². The minimum absolute atomic E-state index is 0.0267. The number of aromatic hydroxyl groups is 1. The Labute approximate surface area is 114 Å². The van der Waals surface area contributed by atoms with Gasteiger partial charge >= 0.3 is 0 Å². The molecule has 0 spiro atoms. The standard InChI is InChI=1S/C15H22N2O2/c1-17-7-3-5-13(11-17)10-16-15(19)9-12-4-2-6-14(18)8-12/h2,4,6,8,13,18H,3,5,7,9-11H2,1H3,(H,16,19). The van der Waals surface area contributed by atoms with Gasteiger partial charge in [0.05, 0.1) is 6.42 Å². The molecule has 4 nitrogen and oxygen atoms in total. The van der Waals surface area contributed by atoms with Crippen molar-refractivity contribution in [2.24, 2.45) is 5.92 Å². The first-order chi connectivity index (χ1) is 9.13. The second-order valence-electron chi connectivity index (χ2n) is 5.42. The van der Waals surface area contributed by atoms with E-state index in [1.165, 1.54) is 12.8 Å². The molecule has 0 aromatic heterocycles. The summed E-state index contributed by atoms with van der Waals surface area (Å²) in [5.41, 5.74) is 0.846. The maximum absolute atomic E-state index is 11.8. The molecule has 2 rings (SSSR count). The molecule has 0 saturated carbocycles. The van der Waals surface area contributed by atoms with Crippen molar-refractivity contribution in [1.82, 2.24) is 10.2 Å². The third-order valence-corrected chi connectivity index (χ3v) is 3.59. The van der Waals surface area contributed by atoms with Gasteiger partial charge in [0.1, 0.15) is 5.75 Å². The van der Waals surface area contributed by atoms with Crippen LogP contribution in [-0.2, 0) is 11.2 Å². The molecule has 1 amide bonds. The number of carbonyl (C=O) groups excluding carboxylic acids is 1. The highest BCUT2D eigenvalue weighted by molar-refractivity contribution is 5.78. The van der Waals surface area contributed by atoms with Gasteiger partial charge in [-0.1, -0.05) is 12.1 Å². The first-order valence-corrected chi connectivity index (χ1v) is 6.86. The first kappa shape index (κ1) is 13.9. The molecule has 2 N–H and O–H groups in total. The van der Waals surface area contributed by atoms with Crippen molar-refractivity contribution >= 4 is 5.91 Å². The van der Waals surface area contributed by atoms with Crippen molar-refractivity contribution in [3.05, 3.63) is 29.8 Å². The van der Waals surface area contributed by atoms with E-state index in [1.807, 2.05) is 6.07 Å². The molecule has 0 aliphatic carbocycles. The number of phenolic OH excluding ortho intramolecular Hbond substituents is 1. The molecule has 1 aliphatic heterocycles. The lowest BCUT2D eigenvalue weighted by atomic mass is 9.98. The summed E-state index contributed by atoms with van der Waals surface area (Å²) in [6.07, 6.45) is 2.73. The van der Waals surface area contributed by atoms with Gasteiger partial charge in [-0.2, -0.15) is 0 Å². The van der Waals surface area contributed by atoms with E-state index in [9.17, 15) is 9.90 Å². The van der Waals surface area contributed by atoms with Crippen molar-refractivity contribution in [3.8, 4) is 5.75 Å². The van der Waals surface area contributed by atoms with Gasteiger partial charge in [-0.05, 0) is 50.0 Å². The molecular weight excluding hydrogens is 240 g/mol. The minimum Gasteiger partial charge on any atom is -0.508 e. The number of carbonyl (C=O) groups is 1. The van der Waals surface area contributed by atoms with E-state index in [0.717, 1.165) is 25.2 Å². The zero-order chi connectivity index (χ0) is 13.7. The van der Waals surface area contributed by atoms with E-state index in [2.05, 4.69) is 17.3 Å². The quantitative estimate of drug-likeness (QED) is 0.862. The molecule has 1 unspecified atom stereocenters. The fourth-order valence-corrected chi connectivity index (χ4v) is 2.61. The average Bonchev–Trinajstić information content (AvgIpc) is 2.36. The highest BCUT2D eigenvalue weighted by Crippen LogP contribution is 2.14. The Morgan fingerprint density at radius 1 is 1.53 bits per heavy atom. The zero-order valence-electron chi connectivity index (χ0n) is 11.4. The normalized spacial score (nSPS) is 20.2. The monoisotopic (exact) mass is 262 g/mol. The van der Waals surface area contributed by atoms with Crippen molar-refractivity contribution in [3.63, 3.8) is 0 Å². The summed E-state index contributed by atoms with van der Waals surface area (Å²) in [4.78, 5) is 14.2. The Morgan fingerprint density at radius 3 is 3.11 bits per heavy atom. The van der Waals surface area contributed by atoms with Gasteiger partial charge in [0, 0.05) is 13.1 Å². The lowest BCUT2D eigenvalue weighted by molar-refractivity contribution is -0.120. The number of hydrogen-bond acceptors (Lipinski definition) is 3. The largest absolute Gasteiger partial charge is 0.508 e. The predicted octanol–water partition coefficient (Wildman–Crippen LogP) is 1.39. The summed E-state index contributed by atoms with van der Waals surface area (Å²) >= 11 is 0. The lowest BCUT2D eigenvalue weighted by Gasteiger charge is -2.29. The molecular formula is C15H22N2O2. The molecule has 1 aromatic rings. The summed E-state index contributed by atoms with van der Waals surface area (Å²) in [7, 11) is 2.13. The molecule has 1 saturated heterocycles. The molecule has 0 radical (unpaired) electrons. The van der Waals surface area contributed by atoms with Crippen molar-refractivity contribution in [2.75, 3.05) is 26.7 Å². The van der Waals surface area contributed by atoms with Crippen molar-refractivity contribution in [1.29, 1.82) is 0 Å². The summed E-state index contributed by atoms with van der Waals surface area (Å²) in [6.45, 7) is 2.97. The van der Waals surface area contributed by atoms with E-state index in [0.29, 0.717) is 12.3 Å². The Kier molecular flexibility index (Phi) is 4.80. The molecule has 4 heteroatoms. The van der Waals surface area contributed by atoms with Crippen molar-refractivity contribution < 1.29 is 9.90 Å². The number of amides is 1. The molecule has 1 aromatic carbocycles. The van der Waals surface area contributed by atoms with Gasteiger partial charge in [-0.25, -0.2) is 0 Å². The third kappa shape index (κ3) is 4.56. The highest BCUT2D eigenvalue weighted by atomic mass is 16.3. The van der Waals surface area contributed by atoms with Crippen LogP contribution in [0.5, 0.6) is 5.75 Å². The van der Waals surface area contributed by atoms with E-state index >= 15 is 0 Å². The topological polar surface area (TPSA) is 52.6 Å². The second-order valence-corrected chi connectivity index (χ2v) is 5.42. The lowest BCUT2D eigenvalue weighted by Crippen LogP contribution is -2.39. The van der Waals surface area contributed by atoms with Gasteiger partial charge in [0.25, 0.3) is 0 Å². The Balaban J connectivity index is 1.75. The number of nitrogens with zero attached hydrogens (tertiary/aromatic N) is 1. The number of likely N-dealkylation sites (tertiary alicyclic amines) is 1. The number of rotatable bonds is 4. The number of phenols is 1. The van der Waals surface area contributed by atoms with Gasteiger partial charge in [0.15, 0.2) is 0 Å². The van der Waals surface area contributed by atoms with Gasteiger partial charge < -0.3 is 15.3 Å². The highest BCUT2D eigenvalue weighted by Gasteiger charge is 2.17. The van der Waals surface area contributed by atoms with E-state index in [-0.39, 0.29) is 11.7 Å². The minimum atomic E-state index is 0.0267. The van der Waals surface area contributed by atoms with Crippen LogP contribution in [0, 0.1) is 5.92 Å². The first-order valence-electron chi connectivity index (χ1n) is 6.86. The Morgan fingerprint density at radius 2 is 2.37 bits per heavy atom. The van der Waals surface area contributed by atoms with E-state index in [4.69, 9.17) is 0 Å². The summed E-state index contributed by atoms with van der Waals surface area (Å²) in [5.74, 6) is 0.796. The molecule has 104 valence electrons. The second kappa shape index (κ2) is 6.57. The number of piperidine rings is 1. The van der Waals surface area contributed by atoms with Crippen LogP contribution in [0.1, 0.15) is 18.4 Å². The summed E-state index contributed by atoms with van der Waals surface area (Å²) in [6, 6.07) is 6.86. The van der Waals surface area contributed by atoms with Gasteiger partial charge in [0.2, 0.25) is 5.91 Å². The SMILES string of the molecule is CN1CCCC(CNC(=O)Cc2cccc(O)c2)C1. The van der Waals surface area contributed by atoms with Crippen molar-refractivity contribution in [2.45, 2.75) is 19.3 Å². The fraction of sp³-hybridized carbons (Fsp3) is 0.533. The number of hydrogen-bond donors (Lipinski definition) is 2. The maximum atomic E-state index is 11.8. The predicted molar refractivity (Wildman–Crippen MR) is 75.0 cm³/mol. The van der Waals surface area contributed by atoms with Crippen LogP contribution in [-0.4, -0.2) is 42.6 Å². The zero-order valence-corrected chi connectivity index (χ0v) is 11.4. The molecule has 1 aliphatic rings. The third-order valence-electron chi connectivity index (χ3n) is 3.59. The number of benzene rings is 1. The van der Waals surface area contributed by atoms with Crippen LogP contribution in [0.2, 0.25) is 0 Å². The van der Waals surface area contributed by atoms with Crippen LogP contribution in [0.3, 0.4) is 0 Å². The summed E-state index contributed by atoms with van der Waals surface area (Å²) in [5, 5.41) is 12.3. The molecule has 1 heterocycles. The van der Waals surface area contributed by atoms with Gasteiger partial charge in [-0.3, -0.25) is 4.79 Å². The number of nitrogens with one attached hydrogen (secondary N) is 1. The maximum Gasteiger partial charge on any atom is 0.224 e. The molecule has 0 bridgehead atoms. The van der Waals surface area contributed by atoms with Gasteiger partial charge in [-0.15, -0.1) is 0 Å². The van der Waals surface area contributed by atoms with E-state index in [1.54, 1.807) is 18.2 Å². The molecule has 1 atom stereocenters. The van der Waals surface area contributed by atoms with E-state index < -0.39 is 0 Å². The molecule has 19 heavy (non-hydrogen) atoms.